The van der Waals surface area contributed by atoms with Gasteiger partial charge in [-0.1, -0.05) is 12.1 Å². The van der Waals surface area contributed by atoms with E-state index in [-0.39, 0.29) is 23.1 Å². The second-order valence-electron chi connectivity index (χ2n) is 5.28. The van der Waals surface area contributed by atoms with Gasteiger partial charge in [0.25, 0.3) is 0 Å². The van der Waals surface area contributed by atoms with Crippen LogP contribution in [0.3, 0.4) is 0 Å². The molecular formula is C14H18N2O5S. The van der Waals surface area contributed by atoms with E-state index in [2.05, 4.69) is 5.32 Å². The minimum absolute atomic E-state index is 0.0319. The lowest BCUT2D eigenvalue weighted by Crippen LogP contribution is -2.41. The largest absolute Gasteiger partial charge is 0.478 e. The topological polar surface area (TPSA) is 104 Å². The van der Waals surface area contributed by atoms with Gasteiger partial charge in [0.15, 0.2) is 0 Å². The highest BCUT2D eigenvalue weighted by molar-refractivity contribution is 7.88. The van der Waals surface area contributed by atoms with E-state index in [4.69, 9.17) is 5.11 Å². The van der Waals surface area contributed by atoms with Crippen LogP contribution in [0.15, 0.2) is 24.3 Å². The van der Waals surface area contributed by atoms with Crippen molar-refractivity contribution in [3.8, 4) is 0 Å². The fraction of sp³-hybridized carbons (Fsp3) is 0.429. The third-order valence-electron chi connectivity index (χ3n) is 3.71. The normalized spacial score (nSPS) is 17.1. The monoisotopic (exact) mass is 326 g/mol. The zero-order valence-electron chi connectivity index (χ0n) is 12.2. The smallest absolute Gasteiger partial charge is 0.337 e. The lowest BCUT2D eigenvalue weighted by Gasteiger charge is -2.29. The molecule has 1 amide bonds. The molecule has 0 spiro atoms. The molecule has 0 aliphatic carbocycles. The summed E-state index contributed by atoms with van der Waals surface area (Å²) in [7, 11) is -3.23. The first-order chi connectivity index (χ1) is 10.3. The maximum absolute atomic E-state index is 12.2. The molecule has 1 saturated heterocycles. The molecule has 1 aliphatic rings. The van der Waals surface area contributed by atoms with Gasteiger partial charge in [-0.2, -0.15) is 0 Å². The Bertz CT molecular complexity index is 678. The van der Waals surface area contributed by atoms with E-state index in [1.807, 2.05) is 0 Å². The standard InChI is InChI=1S/C14H18N2O5S/c1-22(20,21)16-8-6-10(7-9-16)13(17)15-12-5-3-2-4-11(12)14(18)19/h2-5,10H,6-9H2,1H3,(H,15,17)(H,18,19). The number of carboxylic acids is 1. The molecule has 0 aromatic heterocycles. The number of benzene rings is 1. The summed E-state index contributed by atoms with van der Waals surface area (Å²) in [6.07, 6.45) is 2.00. The Balaban J connectivity index is 2.01. The molecule has 2 N–H and O–H groups in total. The zero-order valence-corrected chi connectivity index (χ0v) is 13.0. The van der Waals surface area contributed by atoms with Crippen molar-refractivity contribution >= 4 is 27.6 Å². The number of hydrogen-bond donors (Lipinski definition) is 2. The highest BCUT2D eigenvalue weighted by atomic mass is 32.2. The number of carboxylic acid groups (broad SMARTS) is 1. The number of para-hydroxylation sites is 1. The highest BCUT2D eigenvalue weighted by Crippen LogP contribution is 2.22. The Kier molecular flexibility index (Phi) is 4.82. The number of carbonyl (C=O) groups is 2. The fourth-order valence-corrected chi connectivity index (χ4v) is 3.34. The van der Waals surface area contributed by atoms with Gasteiger partial charge in [-0.3, -0.25) is 4.79 Å². The molecular weight excluding hydrogens is 308 g/mol. The third-order valence-corrected chi connectivity index (χ3v) is 5.01. The fourth-order valence-electron chi connectivity index (χ4n) is 2.46. The molecule has 0 atom stereocenters. The van der Waals surface area contributed by atoms with Crippen LogP contribution in [-0.4, -0.2) is 49.1 Å². The Morgan fingerprint density at radius 2 is 1.82 bits per heavy atom. The van der Waals surface area contributed by atoms with Gasteiger partial charge in [-0.25, -0.2) is 17.5 Å². The number of piperidine rings is 1. The number of anilines is 1. The van der Waals surface area contributed by atoms with Crippen LogP contribution in [-0.2, 0) is 14.8 Å². The number of rotatable bonds is 4. The second-order valence-corrected chi connectivity index (χ2v) is 7.26. The van der Waals surface area contributed by atoms with Crippen molar-refractivity contribution in [3.63, 3.8) is 0 Å². The average molecular weight is 326 g/mol. The van der Waals surface area contributed by atoms with Crippen LogP contribution in [0.1, 0.15) is 23.2 Å². The van der Waals surface area contributed by atoms with Gasteiger partial charge in [-0.05, 0) is 25.0 Å². The van der Waals surface area contributed by atoms with Crippen LogP contribution in [0.25, 0.3) is 0 Å². The van der Waals surface area contributed by atoms with Crippen LogP contribution in [0.5, 0.6) is 0 Å². The summed E-state index contributed by atoms with van der Waals surface area (Å²) in [6.45, 7) is 0.606. The van der Waals surface area contributed by atoms with E-state index in [0.717, 1.165) is 6.26 Å². The maximum atomic E-state index is 12.2. The lowest BCUT2D eigenvalue weighted by atomic mass is 9.97. The van der Waals surface area contributed by atoms with E-state index in [0.29, 0.717) is 25.9 Å². The van der Waals surface area contributed by atoms with Gasteiger partial charge >= 0.3 is 5.97 Å². The third kappa shape index (κ3) is 3.83. The van der Waals surface area contributed by atoms with Crippen molar-refractivity contribution in [2.24, 2.45) is 5.92 Å². The van der Waals surface area contributed by atoms with Crippen molar-refractivity contribution in [1.29, 1.82) is 0 Å². The minimum atomic E-state index is -3.23. The second kappa shape index (κ2) is 6.45. The number of sulfonamides is 1. The van der Waals surface area contributed by atoms with Gasteiger partial charge in [0.1, 0.15) is 0 Å². The maximum Gasteiger partial charge on any atom is 0.337 e. The van der Waals surface area contributed by atoms with Crippen molar-refractivity contribution in [3.05, 3.63) is 29.8 Å². The van der Waals surface area contributed by atoms with Crippen molar-refractivity contribution in [2.45, 2.75) is 12.8 Å². The predicted octanol–water partition coefficient (Wildman–Crippen LogP) is 0.995. The van der Waals surface area contributed by atoms with Crippen LogP contribution in [0, 0.1) is 5.92 Å². The lowest BCUT2D eigenvalue weighted by molar-refractivity contribution is -0.120. The van der Waals surface area contributed by atoms with Gasteiger partial charge in [-0.15, -0.1) is 0 Å². The number of nitrogens with zero attached hydrogens (tertiary/aromatic N) is 1. The Morgan fingerprint density at radius 3 is 2.36 bits per heavy atom. The van der Waals surface area contributed by atoms with Crippen molar-refractivity contribution < 1.29 is 23.1 Å². The Labute approximate surface area is 129 Å². The van der Waals surface area contributed by atoms with Crippen LogP contribution in [0.4, 0.5) is 5.69 Å². The van der Waals surface area contributed by atoms with Crippen LogP contribution >= 0.6 is 0 Å². The molecule has 0 saturated carbocycles. The molecule has 1 heterocycles. The molecule has 0 radical (unpaired) electrons. The average Bonchev–Trinajstić information content (AvgIpc) is 2.46. The summed E-state index contributed by atoms with van der Waals surface area (Å²) in [5, 5.41) is 11.7. The quantitative estimate of drug-likeness (QED) is 0.859. The van der Waals surface area contributed by atoms with E-state index >= 15 is 0 Å². The molecule has 8 heteroatoms. The van der Waals surface area contributed by atoms with Crippen molar-refractivity contribution in [2.75, 3.05) is 24.7 Å². The zero-order chi connectivity index (χ0) is 16.3. The number of nitrogens with one attached hydrogen (secondary N) is 1. The number of hydrogen-bond acceptors (Lipinski definition) is 4. The Morgan fingerprint density at radius 1 is 1.23 bits per heavy atom. The van der Waals surface area contributed by atoms with Crippen LogP contribution in [0.2, 0.25) is 0 Å². The molecule has 1 aromatic rings. The molecule has 0 unspecified atom stereocenters. The van der Waals surface area contributed by atoms with E-state index < -0.39 is 16.0 Å². The number of aromatic carboxylic acids is 1. The summed E-state index contributed by atoms with van der Waals surface area (Å²) in [6, 6.07) is 6.19. The summed E-state index contributed by atoms with van der Waals surface area (Å²) in [5.74, 6) is -1.70. The molecule has 1 aromatic carbocycles. The first-order valence-corrected chi connectivity index (χ1v) is 8.72. The predicted molar refractivity (Wildman–Crippen MR) is 81.2 cm³/mol. The van der Waals surface area contributed by atoms with Crippen molar-refractivity contribution in [1.82, 2.24) is 4.31 Å². The van der Waals surface area contributed by atoms with Gasteiger partial charge in [0.2, 0.25) is 15.9 Å². The molecule has 1 aliphatic heterocycles. The minimum Gasteiger partial charge on any atom is -0.478 e. The first kappa shape index (κ1) is 16.4. The molecule has 22 heavy (non-hydrogen) atoms. The summed E-state index contributed by atoms with van der Waals surface area (Å²) >= 11 is 0. The van der Waals surface area contributed by atoms with E-state index in [1.54, 1.807) is 12.1 Å². The van der Waals surface area contributed by atoms with E-state index in [1.165, 1.54) is 16.4 Å². The van der Waals surface area contributed by atoms with Gasteiger partial charge < -0.3 is 10.4 Å². The summed E-state index contributed by atoms with van der Waals surface area (Å²) < 4.78 is 24.2. The van der Waals surface area contributed by atoms with Gasteiger partial charge in [0, 0.05) is 19.0 Å². The first-order valence-electron chi connectivity index (χ1n) is 6.87. The van der Waals surface area contributed by atoms with Gasteiger partial charge in [0.05, 0.1) is 17.5 Å². The molecule has 1 fully saturated rings. The summed E-state index contributed by atoms with van der Waals surface area (Å²) in [4.78, 5) is 23.3. The molecule has 120 valence electrons. The summed E-state index contributed by atoms with van der Waals surface area (Å²) in [5.41, 5.74) is 0.287. The number of amides is 1. The molecule has 7 nitrogen and oxygen atoms in total. The SMILES string of the molecule is CS(=O)(=O)N1CCC(C(=O)Nc2ccccc2C(=O)O)CC1. The molecule has 2 rings (SSSR count). The Hall–Kier alpha value is -1.93. The number of carbonyl (C=O) groups excluding carboxylic acids is 1. The van der Waals surface area contributed by atoms with Crippen LogP contribution < -0.4 is 5.32 Å². The molecule has 0 bridgehead atoms. The highest BCUT2D eigenvalue weighted by Gasteiger charge is 2.29. The van der Waals surface area contributed by atoms with E-state index in [9.17, 15) is 18.0 Å².